The highest BCUT2D eigenvalue weighted by Gasteiger charge is 2.17. The van der Waals surface area contributed by atoms with Gasteiger partial charge in [0.05, 0.1) is 13.0 Å². The lowest BCUT2D eigenvalue weighted by atomic mass is 10.1. The van der Waals surface area contributed by atoms with Gasteiger partial charge in [0.15, 0.2) is 0 Å². The van der Waals surface area contributed by atoms with Crippen LogP contribution in [0.3, 0.4) is 0 Å². The van der Waals surface area contributed by atoms with Crippen LogP contribution in [0, 0.1) is 18.7 Å². The van der Waals surface area contributed by atoms with E-state index in [0.29, 0.717) is 5.75 Å². The summed E-state index contributed by atoms with van der Waals surface area (Å²) in [7, 11) is 0.148. The molecule has 0 aliphatic carbocycles. The Kier molecular flexibility index (Phi) is 5.47. The second-order valence-electron chi connectivity index (χ2n) is 4.25. The minimum atomic E-state index is -1.16. The number of aryl methyl sites for hydroxylation is 1. The van der Waals surface area contributed by atoms with E-state index in [1.165, 1.54) is 19.2 Å². The third-order valence-electron chi connectivity index (χ3n) is 2.66. The van der Waals surface area contributed by atoms with Crippen molar-refractivity contribution in [1.29, 1.82) is 0 Å². The van der Waals surface area contributed by atoms with Gasteiger partial charge in [0.25, 0.3) is 0 Å². The molecule has 0 amide bonds. The van der Waals surface area contributed by atoms with Crippen LogP contribution in [0.25, 0.3) is 0 Å². The lowest BCUT2D eigenvalue weighted by molar-refractivity contribution is -0.144. The fraction of sp³-hybridized carbons (Fsp3) is 0.462. The van der Waals surface area contributed by atoms with Crippen molar-refractivity contribution in [2.75, 3.05) is 12.9 Å². The summed E-state index contributed by atoms with van der Waals surface area (Å²) in [5, 5.41) is 0. The molecule has 1 aromatic rings. The highest BCUT2D eigenvalue weighted by atomic mass is 32.2. The number of ether oxygens (including phenoxy) is 1. The maximum absolute atomic E-state index is 12.9. The summed E-state index contributed by atoms with van der Waals surface area (Å²) in [5.41, 5.74) is 1.61. The highest BCUT2D eigenvalue weighted by Crippen LogP contribution is 2.13. The summed E-state index contributed by atoms with van der Waals surface area (Å²) in [5.74, 6) is -0.475. The van der Waals surface area contributed by atoms with E-state index >= 15 is 0 Å². The summed E-state index contributed by atoms with van der Waals surface area (Å²) in [6.45, 7) is 3.46. The first-order valence-electron chi connectivity index (χ1n) is 5.62. The average molecular weight is 272 g/mol. The van der Waals surface area contributed by atoms with Crippen LogP contribution in [-0.2, 0) is 26.1 Å². The van der Waals surface area contributed by atoms with Crippen molar-refractivity contribution >= 4 is 16.8 Å². The third-order valence-corrected chi connectivity index (χ3v) is 4.17. The molecule has 5 heteroatoms. The zero-order valence-corrected chi connectivity index (χ0v) is 11.6. The highest BCUT2D eigenvalue weighted by molar-refractivity contribution is 7.84. The van der Waals surface area contributed by atoms with Crippen LogP contribution < -0.4 is 0 Å². The van der Waals surface area contributed by atoms with Gasteiger partial charge in [-0.05, 0) is 30.2 Å². The standard InChI is InChI=1S/C13H17FO3S/c1-9-6-12(14)5-4-11(9)8-18(16)7-10(2)13(15)17-3/h4-6,10H,7-8H2,1-3H3. The van der Waals surface area contributed by atoms with E-state index in [4.69, 9.17) is 0 Å². The summed E-state index contributed by atoms with van der Waals surface area (Å²) >= 11 is 0. The van der Waals surface area contributed by atoms with E-state index in [1.54, 1.807) is 19.9 Å². The molecule has 0 saturated carbocycles. The molecule has 0 aromatic heterocycles. The van der Waals surface area contributed by atoms with Crippen molar-refractivity contribution < 1.29 is 18.1 Å². The first kappa shape index (κ1) is 14.8. The molecule has 0 aliphatic rings. The zero-order chi connectivity index (χ0) is 13.7. The molecule has 0 spiro atoms. The predicted molar refractivity (Wildman–Crippen MR) is 69.0 cm³/mol. The van der Waals surface area contributed by atoms with Gasteiger partial charge in [0.1, 0.15) is 5.82 Å². The van der Waals surface area contributed by atoms with E-state index in [1.807, 2.05) is 0 Å². The molecular formula is C13H17FO3S. The minimum absolute atomic E-state index is 0.253. The lowest BCUT2D eigenvalue weighted by Crippen LogP contribution is -2.20. The molecule has 0 N–H and O–H groups in total. The maximum Gasteiger partial charge on any atom is 0.309 e. The molecule has 0 saturated heterocycles. The van der Waals surface area contributed by atoms with E-state index in [-0.39, 0.29) is 17.5 Å². The monoisotopic (exact) mass is 272 g/mol. The normalized spacial score (nSPS) is 14.0. The average Bonchev–Trinajstić information content (AvgIpc) is 2.31. The van der Waals surface area contributed by atoms with Crippen LogP contribution in [0.2, 0.25) is 0 Å². The molecule has 1 aromatic carbocycles. The first-order chi connectivity index (χ1) is 8.43. The number of carbonyl (C=O) groups excluding carboxylic acids is 1. The second kappa shape index (κ2) is 6.64. The molecule has 18 heavy (non-hydrogen) atoms. The Bertz CT molecular complexity index is 460. The largest absolute Gasteiger partial charge is 0.469 e. The van der Waals surface area contributed by atoms with Gasteiger partial charge in [-0.15, -0.1) is 0 Å². The Hall–Kier alpha value is -1.23. The van der Waals surface area contributed by atoms with Crippen molar-refractivity contribution in [1.82, 2.24) is 0 Å². The molecule has 0 radical (unpaired) electrons. The van der Waals surface area contributed by atoms with Gasteiger partial charge in [0, 0.05) is 22.3 Å². The van der Waals surface area contributed by atoms with Crippen LogP contribution in [0.15, 0.2) is 18.2 Å². The molecule has 0 heterocycles. The number of benzene rings is 1. The Morgan fingerprint density at radius 1 is 1.50 bits per heavy atom. The molecule has 1 rings (SSSR count). The van der Waals surface area contributed by atoms with Gasteiger partial charge in [-0.25, -0.2) is 4.39 Å². The fourth-order valence-corrected chi connectivity index (χ4v) is 3.08. The van der Waals surface area contributed by atoms with Crippen LogP contribution in [-0.4, -0.2) is 23.0 Å². The molecule has 0 aliphatic heterocycles. The number of halogens is 1. The van der Waals surface area contributed by atoms with Crippen LogP contribution in [0.4, 0.5) is 4.39 Å². The number of methoxy groups -OCH3 is 1. The number of hydrogen-bond acceptors (Lipinski definition) is 3. The van der Waals surface area contributed by atoms with Crippen LogP contribution >= 0.6 is 0 Å². The van der Waals surface area contributed by atoms with Gasteiger partial charge >= 0.3 is 5.97 Å². The quantitative estimate of drug-likeness (QED) is 0.772. The van der Waals surface area contributed by atoms with E-state index < -0.39 is 16.7 Å². The zero-order valence-electron chi connectivity index (χ0n) is 10.7. The molecular weight excluding hydrogens is 255 g/mol. The number of carbonyl (C=O) groups is 1. The van der Waals surface area contributed by atoms with E-state index in [0.717, 1.165) is 11.1 Å². The van der Waals surface area contributed by atoms with Gasteiger partial charge in [-0.3, -0.25) is 9.00 Å². The molecule has 3 nitrogen and oxygen atoms in total. The van der Waals surface area contributed by atoms with Crippen molar-refractivity contribution in [3.8, 4) is 0 Å². The summed E-state index contributed by atoms with van der Waals surface area (Å²) in [6, 6.07) is 4.39. The van der Waals surface area contributed by atoms with Crippen LogP contribution in [0.1, 0.15) is 18.1 Å². The number of esters is 1. The van der Waals surface area contributed by atoms with Gasteiger partial charge < -0.3 is 4.74 Å². The molecule has 0 fully saturated rings. The van der Waals surface area contributed by atoms with E-state index in [9.17, 15) is 13.4 Å². The Balaban J connectivity index is 2.62. The third kappa shape index (κ3) is 4.22. The summed E-state index contributed by atoms with van der Waals surface area (Å²) < 4.78 is 29.4. The first-order valence-corrected chi connectivity index (χ1v) is 7.10. The SMILES string of the molecule is COC(=O)C(C)CS(=O)Cc1ccc(F)cc1C. The minimum Gasteiger partial charge on any atom is -0.469 e. The predicted octanol–water partition coefficient (Wildman–Crippen LogP) is 2.19. The second-order valence-corrected chi connectivity index (χ2v) is 5.75. The van der Waals surface area contributed by atoms with Crippen molar-refractivity contribution in [3.63, 3.8) is 0 Å². The molecule has 2 atom stereocenters. The summed E-state index contributed by atoms with van der Waals surface area (Å²) in [6.07, 6.45) is 0. The van der Waals surface area contributed by atoms with Gasteiger partial charge in [-0.2, -0.15) is 0 Å². The number of rotatable bonds is 5. The Morgan fingerprint density at radius 3 is 2.72 bits per heavy atom. The summed E-state index contributed by atoms with van der Waals surface area (Å²) in [4.78, 5) is 11.2. The molecule has 0 bridgehead atoms. The fourth-order valence-electron chi connectivity index (χ4n) is 1.60. The lowest BCUT2D eigenvalue weighted by Gasteiger charge is -2.10. The smallest absolute Gasteiger partial charge is 0.309 e. The molecule has 2 unspecified atom stereocenters. The topological polar surface area (TPSA) is 43.4 Å². The van der Waals surface area contributed by atoms with Gasteiger partial charge in [0.2, 0.25) is 0 Å². The van der Waals surface area contributed by atoms with Crippen molar-refractivity contribution in [2.45, 2.75) is 19.6 Å². The maximum atomic E-state index is 12.9. The van der Waals surface area contributed by atoms with E-state index in [2.05, 4.69) is 4.74 Å². The molecule has 100 valence electrons. The Morgan fingerprint density at radius 2 is 2.17 bits per heavy atom. The number of hydrogen-bond donors (Lipinski definition) is 0. The van der Waals surface area contributed by atoms with Crippen molar-refractivity contribution in [3.05, 3.63) is 35.1 Å². The van der Waals surface area contributed by atoms with Crippen LogP contribution in [0.5, 0.6) is 0 Å². The van der Waals surface area contributed by atoms with Gasteiger partial charge in [-0.1, -0.05) is 13.0 Å². The Labute approximate surface area is 109 Å². The van der Waals surface area contributed by atoms with Crippen molar-refractivity contribution in [2.24, 2.45) is 5.92 Å².